The highest BCUT2D eigenvalue weighted by molar-refractivity contribution is 6.24. The van der Waals surface area contributed by atoms with Gasteiger partial charge in [0.25, 0.3) is 5.91 Å². The maximum absolute atomic E-state index is 13.8. The highest BCUT2D eigenvalue weighted by atomic mass is 16.3. The van der Waals surface area contributed by atoms with Crippen LogP contribution in [0.3, 0.4) is 0 Å². The van der Waals surface area contributed by atoms with Crippen molar-refractivity contribution >= 4 is 23.2 Å². The number of carbonyl (C=O) groups excluding carboxylic acids is 3. The first kappa shape index (κ1) is 24.3. The normalized spacial score (nSPS) is 30.3. The molecular formula is C26H31N3O7. The number of carbonyl (C=O) groups is 3. The molecule has 4 atom stereocenters. The smallest absolute Gasteiger partial charge is 0.255 e. The van der Waals surface area contributed by atoms with Crippen molar-refractivity contribution in [2.45, 2.75) is 43.7 Å². The number of hydrogen-bond acceptors (Lipinski definition) is 9. The third-order valence-corrected chi connectivity index (χ3v) is 8.28. The number of aliphatic hydroxyl groups excluding tert-OH is 2. The number of phenolic OH excluding ortho intramolecular Hbond substituents is 1. The predicted molar refractivity (Wildman–Crippen MR) is 130 cm³/mol. The number of Topliss-reactive ketones (excluding diaryl/α,β-unsaturated/α-hetero) is 2. The standard InChI is InChI=1S/C26H31N3O7/c1-28(2)20-14-11-12-10-13-15(29-8-4-3-5-9-29)6-7-16(30)18(13)21(31)17(12)23(33)26(14,36)24(34)19(22(20)32)25(27)35/h6-7,12,14,20,30,32-33,36H,3-5,8-11H2,1-2H3,(H2,27,35)/t12-,14-,20?,26-/m0/s1. The van der Waals surface area contributed by atoms with Crippen molar-refractivity contribution in [1.29, 1.82) is 0 Å². The Kier molecular flexibility index (Phi) is 5.64. The maximum atomic E-state index is 13.8. The second-order valence-corrected chi connectivity index (χ2v) is 10.5. The average Bonchev–Trinajstić information content (AvgIpc) is 2.81. The monoisotopic (exact) mass is 497 g/mol. The topological polar surface area (TPSA) is 165 Å². The second-order valence-electron chi connectivity index (χ2n) is 10.5. The average molecular weight is 498 g/mol. The fraction of sp³-hybridized carbons (Fsp3) is 0.500. The molecule has 1 amide bonds. The number of rotatable bonds is 3. The number of nitrogens with zero attached hydrogens (tertiary/aromatic N) is 2. The molecule has 5 rings (SSSR count). The number of fused-ring (bicyclic) bond motifs is 3. The highest BCUT2D eigenvalue weighted by Gasteiger charge is 2.63. The molecule has 1 unspecified atom stereocenters. The van der Waals surface area contributed by atoms with Gasteiger partial charge in [0, 0.05) is 30.3 Å². The summed E-state index contributed by atoms with van der Waals surface area (Å²) < 4.78 is 0. The van der Waals surface area contributed by atoms with Crippen LogP contribution in [0.1, 0.15) is 41.6 Å². The molecule has 0 bridgehead atoms. The van der Waals surface area contributed by atoms with Gasteiger partial charge in [-0.25, -0.2) is 0 Å². The molecule has 1 aromatic rings. The molecule has 192 valence electrons. The van der Waals surface area contributed by atoms with Crippen LogP contribution in [0.25, 0.3) is 0 Å². The lowest BCUT2D eigenvalue weighted by molar-refractivity contribution is -0.148. The summed E-state index contributed by atoms with van der Waals surface area (Å²) in [5.74, 6) is -6.37. The van der Waals surface area contributed by atoms with Crippen LogP contribution < -0.4 is 10.6 Å². The van der Waals surface area contributed by atoms with Crippen LogP contribution in [0.15, 0.2) is 34.8 Å². The fourth-order valence-electron chi connectivity index (χ4n) is 6.67. The molecule has 1 fully saturated rings. The molecule has 36 heavy (non-hydrogen) atoms. The van der Waals surface area contributed by atoms with Crippen molar-refractivity contribution in [3.63, 3.8) is 0 Å². The third-order valence-electron chi connectivity index (χ3n) is 8.28. The summed E-state index contributed by atoms with van der Waals surface area (Å²) >= 11 is 0. The Hall–Kier alpha value is -3.37. The minimum Gasteiger partial charge on any atom is -0.510 e. The van der Waals surface area contributed by atoms with Gasteiger partial charge in [-0.15, -0.1) is 0 Å². The van der Waals surface area contributed by atoms with Crippen LogP contribution in [-0.2, 0) is 16.0 Å². The Morgan fingerprint density at radius 3 is 2.39 bits per heavy atom. The molecule has 1 aliphatic heterocycles. The van der Waals surface area contributed by atoms with Crippen LogP contribution in [-0.4, -0.2) is 81.6 Å². The van der Waals surface area contributed by atoms with Gasteiger partial charge in [0.15, 0.2) is 11.4 Å². The first-order valence-corrected chi connectivity index (χ1v) is 12.2. The Balaban J connectivity index is 1.69. The molecule has 4 aliphatic rings. The number of aromatic hydroxyl groups is 1. The van der Waals surface area contributed by atoms with Gasteiger partial charge >= 0.3 is 0 Å². The molecule has 0 radical (unpaired) electrons. The van der Waals surface area contributed by atoms with Gasteiger partial charge in [-0.1, -0.05) is 0 Å². The quantitative estimate of drug-likeness (QED) is 0.385. The van der Waals surface area contributed by atoms with E-state index >= 15 is 0 Å². The number of primary amides is 1. The number of aliphatic hydroxyl groups is 3. The van der Waals surface area contributed by atoms with Crippen molar-refractivity contribution in [1.82, 2.24) is 4.90 Å². The summed E-state index contributed by atoms with van der Waals surface area (Å²) in [7, 11) is 3.22. The molecule has 0 aromatic heterocycles. The number of anilines is 1. The summed E-state index contributed by atoms with van der Waals surface area (Å²) in [5, 5.41) is 44.5. The molecule has 6 N–H and O–H groups in total. The van der Waals surface area contributed by atoms with E-state index < -0.39 is 58.0 Å². The van der Waals surface area contributed by atoms with Gasteiger partial charge in [0.2, 0.25) is 5.78 Å². The first-order valence-electron chi connectivity index (χ1n) is 12.2. The van der Waals surface area contributed by atoms with Crippen molar-refractivity contribution in [3.05, 3.63) is 45.9 Å². The van der Waals surface area contributed by atoms with E-state index in [4.69, 9.17) is 5.73 Å². The zero-order valence-electron chi connectivity index (χ0n) is 20.3. The van der Waals surface area contributed by atoms with Crippen molar-refractivity contribution < 1.29 is 34.8 Å². The number of benzene rings is 1. The maximum Gasteiger partial charge on any atom is 0.255 e. The molecule has 1 saturated heterocycles. The van der Waals surface area contributed by atoms with Crippen LogP contribution in [0.5, 0.6) is 5.75 Å². The van der Waals surface area contributed by atoms with Gasteiger partial charge in [-0.2, -0.15) is 0 Å². The summed E-state index contributed by atoms with van der Waals surface area (Å²) in [4.78, 5) is 42.9. The minimum absolute atomic E-state index is 0.0545. The summed E-state index contributed by atoms with van der Waals surface area (Å²) in [6.07, 6.45) is 3.56. The van der Waals surface area contributed by atoms with Crippen molar-refractivity contribution in [3.8, 4) is 5.75 Å². The van der Waals surface area contributed by atoms with E-state index in [1.807, 2.05) is 0 Å². The molecule has 1 aromatic carbocycles. The number of phenols is 1. The summed E-state index contributed by atoms with van der Waals surface area (Å²) in [6.45, 7) is 1.66. The van der Waals surface area contributed by atoms with Crippen molar-refractivity contribution in [2.75, 3.05) is 32.1 Å². The number of piperidine rings is 1. The number of likely N-dealkylation sites (N-methyl/N-ethyl adjacent to an activating group) is 1. The predicted octanol–water partition coefficient (Wildman–Crippen LogP) is 1.11. The first-order chi connectivity index (χ1) is 17.0. The lowest BCUT2D eigenvalue weighted by Crippen LogP contribution is -2.63. The number of nitrogens with two attached hydrogens (primary N) is 1. The molecule has 0 saturated carbocycles. The molecular weight excluding hydrogens is 466 g/mol. The Bertz CT molecular complexity index is 1240. The van der Waals surface area contributed by atoms with Crippen LogP contribution in [0, 0.1) is 11.8 Å². The largest absolute Gasteiger partial charge is 0.510 e. The van der Waals surface area contributed by atoms with Gasteiger partial charge in [0.1, 0.15) is 22.8 Å². The number of hydrogen-bond donors (Lipinski definition) is 5. The molecule has 1 heterocycles. The summed E-state index contributed by atoms with van der Waals surface area (Å²) in [6, 6.07) is 2.26. The van der Waals surface area contributed by atoms with Crippen LogP contribution in [0.2, 0.25) is 0 Å². The zero-order valence-corrected chi connectivity index (χ0v) is 20.3. The SMILES string of the molecule is CN(C)C1C(O)=C(C(N)=O)C(=O)[C@@]2(O)C(O)=C3C(=O)c4c(O)ccc(N5CCCCC5)c4C[C@H]3C[C@@H]12. The zero-order chi connectivity index (χ0) is 26.1. The Morgan fingerprint density at radius 1 is 1.11 bits per heavy atom. The number of allylic oxidation sites excluding steroid dienone is 1. The fourth-order valence-corrected chi connectivity index (χ4v) is 6.67. The number of ketones is 2. The van der Waals surface area contributed by atoms with Gasteiger partial charge in [0.05, 0.1) is 11.6 Å². The third kappa shape index (κ3) is 3.20. The van der Waals surface area contributed by atoms with Crippen LogP contribution in [0.4, 0.5) is 5.69 Å². The van der Waals surface area contributed by atoms with Gasteiger partial charge in [-0.05, 0) is 69.8 Å². The van der Waals surface area contributed by atoms with E-state index in [0.717, 1.165) is 38.0 Å². The molecule has 10 heteroatoms. The Labute approximate surface area is 208 Å². The molecule has 0 spiro atoms. The van der Waals surface area contributed by atoms with Gasteiger partial charge < -0.3 is 31.1 Å². The number of amides is 1. The lowest BCUT2D eigenvalue weighted by atomic mass is 9.58. The van der Waals surface area contributed by atoms with E-state index in [9.17, 15) is 34.8 Å². The summed E-state index contributed by atoms with van der Waals surface area (Å²) in [5.41, 5.74) is 3.38. The minimum atomic E-state index is -2.62. The highest BCUT2D eigenvalue weighted by Crippen LogP contribution is 2.53. The van der Waals surface area contributed by atoms with E-state index in [-0.39, 0.29) is 23.3 Å². The molecule has 10 nitrogen and oxygen atoms in total. The van der Waals surface area contributed by atoms with Crippen LogP contribution >= 0.6 is 0 Å². The van der Waals surface area contributed by atoms with Gasteiger partial charge in [-0.3, -0.25) is 19.3 Å². The van der Waals surface area contributed by atoms with E-state index in [2.05, 4.69) is 4.90 Å². The van der Waals surface area contributed by atoms with E-state index in [0.29, 0.717) is 12.0 Å². The van der Waals surface area contributed by atoms with E-state index in [1.54, 1.807) is 25.1 Å². The lowest BCUT2D eigenvalue weighted by Gasteiger charge is -2.50. The Morgan fingerprint density at radius 2 is 1.78 bits per heavy atom. The van der Waals surface area contributed by atoms with E-state index in [1.165, 1.54) is 6.07 Å². The second kappa shape index (κ2) is 8.35. The molecule has 3 aliphatic carbocycles. The van der Waals surface area contributed by atoms with Crippen molar-refractivity contribution in [2.24, 2.45) is 17.6 Å².